The number of anilines is 1. The molecule has 12 heteroatoms. The first-order valence-electron chi connectivity index (χ1n) is 8.01. The van der Waals surface area contributed by atoms with E-state index in [4.69, 9.17) is 4.74 Å². The maximum Gasteiger partial charge on any atom is 0.416 e. The molecule has 3 rings (SSSR count). The molecule has 1 amide bonds. The van der Waals surface area contributed by atoms with Crippen molar-refractivity contribution < 1.29 is 22.7 Å². The number of thioether (sulfide) groups is 1. The van der Waals surface area contributed by atoms with Gasteiger partial charge < -0.3 is 4.74 Å². The van der Waals surface area contributed by atoms with Gasteiger partial charge in [-0.1, -0.05) is 35.2 Å². The van der Waals surface area contributed by atoms with Crippen LogP contribution in [0.1, 0.15) is 16.1 Å². The molecule has 0 saturated carbocycles. The van der Waals surface area contributed by atoms with Crippen LogP contribution in [-0.4, -0.2) is 38.7 Å². The molecule has 0 aliphatic heterocycles. The fraction of sp³-hybridized carbons (Fsp3) is 0.176. The summed E-state index contributed by atoms with van der Waals surface area (Å²) in [4.78, 5) is 12.6. The normalized spacial score (nSPS) is 11.3. The maximum atomic E-state index is 12.9. The fourth-order valence-corrected chi connectivity index (χ4v) is 3.73. The summed E-state index contributed by atoms with van der Waals surface area (Å²) in [6, 6.07) is 4.59. The lowest BCUT2D eigenvalue weighted by molar-refractivity contribution is -0.137. The van der Waals surface area contributed by atoms with E-state index in [1.165, 1.54) is 48.5 Å². The molecular formula is C17H14F3N5O2S2. The number of hydrogen-bond donors (Lipinski definition) is 1. The van der Waals surface area contributed by atoms with Crippen LogP contribution in [0.15, 0.2) is 47.5 Å². The van der Waals surface area contributed by atoms with Crippen molar-refractivity contribution >= 4 is 34.1 Å². The number of hydrogen-bond acceptors (Lipinski definition) is 7. The number of carbonyl (C=O) groups excluding carboxylic acids is 1. The van der Waals surface area contributed by atoms with Crippen molar-refractivity contribution in [1.82, 2.24) is 20.0 Å². The van der Waals surface area contributed by atoms with E-state index in [0.717, 1.165) is 16.8 Å². The van der Waals surface area contributed by atoms with Gasteiger partial charge in [0.05, 0.1) is 24.6 Å². The number of methoxy groups -OCH3 is 1. The molecule has 152 valence electrons. The summed E-state index contributed by atoms with van der Waals surface area (Å²) < 4.78 is 45.8. The number of nitrogens with one attached hydrogen (secondary N) is 1. The predicted octanol–water partition coefficient (Wildman–Crippen LogP) is 4.28. The molecule has 0 fully saturated rings. The van der Waals surface area contributed by atoms with E-state index in [-0.39, 0.29) is 22.3 Å². The first-order chi connectivity index (χ1) is 13.8. The second-order valence-electron chi connectivity index (χ2n) is 5.47. The Kier molecular flexibility index (Phi) is 6.23. The van der Waals surface area contributed by atoms with E-state index in [9.17, 15) is 18.0 Å². The summed E-state index contributed by atoms with van der Waals surface area (Å²) in [5.74, 6) is 0.132. The van der Waals surface area contributed by atoms with Crippen molar-refractivity contribution in [1.29, 1.82) is 0 Å². The highest BCUT2D eigenvalue weighted by Gasteiger charge is 2.30. The third kappa shape index (κ3) is 4.95. The van der Waals surface area contributed by atoms with Gasteiger partial charge in [0.1, 0.15) is 0 Å². The van der Waals surface area contributed by atoms with Gasteiger partial charge in [-0.05, 0) is 18.2 Å². The molecule has 2 aromatic heterocycles. The fourth-order valence-electron chi connectivity index (χ4n) is 2.23. The molecule has 0 aliphatic carbocycles. The maximum absolute atomic E-state index is 12.9. The van der Waals surface area contributed by atoms with Gasteiger partial charge in [-0.2, -0.15) is 18.3 Å². The molecule has 7 nitrogen and oxygen atoms in total. The van der Waals surface area contributed by atoms with Crippen LogP contribution in [0.5, 0.6) is 5.75 Å². The predicted molar refractivity (Wildman–Crippen MR) is 104 cm³/mol. The minimum Gasteiger partial charge on any atom is -0.493 e. The van der Waals surface area contributed by atoms with Gasteiger partial charge in [0.25, 0.3) is 5.91 Å². The molecule has 0 saturated heterocycles. The van der Waals surface area contributed by atoms with Crippen LogP contribution >= 0.6 is 23.1 Å². The Bertz CT molecular complexity index is 1030. The highest BCUT2D eigenvalue weighted by molar-refractivity contribution is 8.01. The zero-order valence-electron chi connectivity index (χ0n) is 14.9. The van der Waals surface area contributed by atoms with E-state index >= 15 is 0 Å². The van der Waals surface area contributed by atoms with Crippen molar-refractivity contribution in [2.24, 2.45) is 0 Å². The van der Waals surface area contributed by atoms with E-state index in [1.807, 2.05) is 0 Å². The summed E-state index contributed by atoms with van der Waals surface area (Å²) in [6.45, 7) is 3.61. The van der Waals surface area contributed by atoms with Crippen molar-refractivity contribution in [2.45, 2.75) is 10.5 Å². The zero-order valence-corrected chi connectivity index (χ0v) is 16.6. The molecule has 0 bridgehead atoms. The lowest BCUT2D eigenvalue weighted by atomic mass is 10.2. The van der Waals surface area contributed by atoms with Gasteiger partial charge in [-0.3, -0.25) is 10.1 Å². The van der Waals surface area contributed by atoms with Crippen LogP contribution in [0, 0.1) is 0 Å². The lowest BCUT2D eigenvalue weighted by Gasteiger charge is -2.08. The topological polar surface area (TPSA) is 81.9 Å². The van der Waals surface area contributed by atoms with Gasteiger partial charge in [-0.15, -0.1) is 16.8 Å². The Morgan fingerprint density at radius 3 is 2.90 bits per heavy atom. The van der Waals surface area contributed by atoms with E-state index < -0.39 is 17.6 Å². The second-order valence-corrected chi connectivity index (χ2v) is 7.71. The van der Waals surface area contributed by atoms with Crippen LogP contribution in [0.25, 0.3) is 5.69 Å². The number of halogens is 3. The monoisotopic (exact) mass is 441 g/mol. The summed E-state index contributed by atoms with van der Waals surface area (Å²) in [7, 11) is 1.33. The minimum atomic E-state index is -4.49. The largest absolute Gasteiger partial charge is 0.493 e. The van der Waals surface area contributed by atoms with Gasteiger partial charge in [0.15, 0.2) is 15.8 Å². The van der Waals surface area contributed by atoms with Crippen molar-refractivity contribution in [3.8, 4) is 11.4 Å². The van der Waals surface area contributed by atoms with Crippen molar-refractivity contribution in [3.05, 3.63) is 54.4 Å². The number of rotatable bonds is 7. The molecule has 0 aliphatic rings. The van der Waals surface area contributed by atoms with Crippen LogP contribution in [0.3, 0.4) is 0 Å². The summed E-state index contributed by atoms with van der Waals surface area (Å²) in [5.41, 5.74) is -0.787. The number of benzene rings is 1. The average Bonchev–Trinajstić information content (AvgIpc) is 3.32. The first kappa shape index (κ1) is 20.9. The molecule has 0 radical (unpaired) electrons. The molecule has 0 spiro atoms. The molecule has 0 unspecified atom stereocenters. The zero-order chi connectivity index (χ0) is 21.0. The van der Waals surface area contributed by atoms with Gasteiger partial charge >= 0.3 is 6.18 Å². The average molecular weight is 441 g/mol. The van der Waals surface area contributed by atoms with Gasteiger partial charge in [-0.25, -0.2) is 4.68 Å². The van der Waals surface area contributed by atoms with E-state index in [2.05, 4.69) is 27.2 Å². The Labute approximate surface area is 171 Å². The Balaban J connectivity index is 1.84. The molecule has 1 N–H and O–H groups in total. The first-order valence-corrected chi connectivity index (χ1v) is 9.82. The number of amides is 1. The highest BCUT2D eigenvalue weighted by atomic mass is 32.2. The van der Waals surface area contributed by atoms with Crippen LogP contribution in [0.2, 0.25) is 0 Å². The van der Waals surface area contributed by atoms with Crippen LogP contribution < -0.4 is 10.1 Å². The third-order valence-corrected chi connectivity index (χ3v) is 5.47. The number of ether oxygens (including phenoxy) is 1. The third-order valence-electron chi connectivity index (χ3n) is 3.51. The Morgan fingerprint density at radius 2 is 2.21 bits per heavy atom. The van der Waals surface area contributed by atoms with Gasteiger partial charge in [0.2, 0.25) is 5.13 Å². The van der Waals surface area contributed by atoms with Crippen LogP contribution in [-0.2, 0) is 6.18 Å². The standard InChI is InChI=1S/C17H14F3N5O2S2/c1-3-7-28-16-23-22-15(29-16)21-14(26)13-12(27-2)9-25(24-13)11-6-4-5-10(8-11)17(18,19)20/h3-6,8-9H,1,7H2,2H3,(H,21,22,26). The van der Waals surface area contributed by atoms with E-state index in [0.29, 0.717) is 10.1 Å². The second kappa shape index (κ2) is 8.66. The van der Waals surface area contributed by atoms with E-state index in [1.54, 1.807) is 6.08 Å². The minimum absolute atomic E-state index is 0.0968. The SMILES string of the molecule is C=CCSc1nnc(NC(=O)c2nn(-c3cccc(C(F)(F)F)c3)cc2OC)s1. The molecule has 1 aromatic carbocycles. The lowest BCUT2D eigenvalue weighted by Crippen LogP contribution is -2.14. The number of carbonyl (C=O) groups is 1. The quantitative estimate of drug-likeness (QED) is 0.335. The van der Waals surface area contributed by atoms with Crippen molar-refractivity contribution in [3.63, 3.8) is 0 Å². The number of aromatic nitrogens is 4. The molecule has 2 heterocycles. The van der Waals surface area contributed by atoms with Gasteiger partial charge in [0, 0.05) is 5.75 Å². The Morgan fingerprint density at radius 1 is 1.41 bits per heavy atom. The Hall–Kier alpha value is -2.86. The molecule has 29 heavy (non-hydrogen) atoms. The number of alkyl halides is 3. The molecule has 0 atom stereocenters. The molecular weight excluding hydrogens is 427 g/mol. The number of nitrogens with zero attached hydrogens (tertiary/aromatic N) is 4. The van der Waals surface area contributed by atoms with Crippen LogP contribution in [0.4, 0.5) is 18.3 Å². The highest BCUT2D eigenvalue weighted by Crippen LogP contribution is 2.31. The summed E-state index contributed by atoms with van der Waals surface area (Å²) >= 11 is 2.59. The van der Waals surface area contributed by atoms with Crippen molar-refractivity contribution in [2.75, 3.05) is 18.2 Å². The summed E-state index contributed by atoms with van der Waals surface area (Å²) in [5, 5.41) is 14.7. The summed E-state index contributed by atoms with van der Waals surface area (Å²) in [6.07, 6.45) is -1.45. The smallest absolute Gasteiger partial charge is 0.416 e. The molecule has 3 aromatic rings.